The van der Waals surface area contributed by atoms with Crippen LogP contribution in [0.15, 0.2) is 53.0 Å². The largest absolute Gasteiger partial charge is 0.484 e. The minimum atomic E-state index is -0.0811. The number of carbonyl (C=O) groups is 1. The average Bonchev–Trinajstić information content (AvgIpc) is 2.38. The maximum absolute atomic E-state index is 11.9. The smallest absolute Gasteiger partial charge is 0.200 e. The molecule has 92 valence electrons. The standard InChI is InChI=1S/C14H10BrClO2/c15-11-7-5-10(6-8-11)13(17)9-18-14-4-2-1-3-12(14)16/h1-8H,9H2. The van der Waals surface area contributed by atoms with Crippen molar-refractivity contribution in [3.63, 3.8) is 0 Å². The fraction of sp³-hybridized carbons (Fsp3) is 0.0714. The minimum absolute atomic E-state index is 0.0225. The normalized spacial score (nSPS) is 10.1. The van der Waals surface area contributed by atoms with Gasteiger partial charge < -0.3 is 4.74 Å². The van der Waals surface area contributed by atoms with E-state index in [-0.39, 0.29) is 12.4 Å². The molecular weight excluding hydrogens is 316 g/mol. The lowest BCUT2D eigenvalue weighted by atomic mass is 10.1. The summed E-state index contributed by atoms with van der Waals surface area (Å²) in [7, 11) is 0. The molecule has 2 nitrogen and oxygen atoms in total. The highest BCUT2D eigenvalue weighted by atomic mass is 79.9. The number of Topliss-reactive ketones (excluding diaryl/α,β-unsaturated/α-hetero) is 1. The number of benzene rings is 2. The molecule has 0 amide bonds. The molecule has 0 heterocycles. The predicted molar refractivity (Wildman–Crippen MR) is 75.4 cm³/mol. The monoisotopic (exact) mass is 324 g/mol. The predicted octanol–water partition coefficient (Wildman–Crippen LogP) is 4.36. The molecular formula is C14H10BrClO2. The van der Waals surface area contributed by atoms with Crippen LogP contribution in [0.2, 0.25) is 5.02 Å². The van der Waals surface area contributed by atoms with Crippen molar-refractivity contribution in [2.45, 2.75) is 0 Å². The molecule has 18 heavy (non-hydrogen) atoms. The van der Waals surface area contributed by atoms with Gasteiger partial charge in [-0.3, -0.25) is 4.79 Å². The summed E-state index contributed by atoms with van der Waals surface area (Å²) >= 11 is 9.25. The van der Waals surface area contributed by atoms with Crippen LogP contribution >= 0.6 is 27.5 Å². The van der Waals surface area contributed by atoms with Gasteiger partial charge in [0.1, 0.15) is 5.75 Å². The minimum Gasteiger partial charge on any atom is -0.484 e. The third-order valence-corrected chi connectivity index (χ3v) is 3.20. The van der Waals surface area contributed by atoms with E-state index in [0.717, 1.165) is 4.47 Å². The van der Waals surface area contributed by atoms with Crippen molar-refractivity contribution in [2.75, 3.05) is 6.61 Å². The van der Waals surface area contributed by atoms with Crippen molar-refractivity contribution in [1.82, 2.24) is 0 Å². The second-order valence-corrected chi connectivity index (χ2v) is 4.97. The fourth-order valence-electron chi connectivity index (χ4n) is 1.42. The van der Waals surface area contributed by atoms with E-state index in [9.17, 15) is 4.79 Å². The van der Waals surface area contributed by atoms with Gasteiger partial charge in [-0.25, -0.2) is 0 Å². The van der Waals surface area contributed by atoms with E-state index >= 15 is 0 Å². The molecule has 0 saturated carbocycles. The van der Waals surface area contributed by atoms with E-state index in [0.29, 0.717) is 16.3 Å². The quantitative estimate of drug-likeness (QED) is 0.781. The second kappa shape index (κ2) is 6.03. The Balaban J connectivity index is 2.01. The number of hydrogen-bond donors (Lipinski definition) is 0. The average molecular weight is 326 g/mol. The van der Waals surface area contributed by atoms with E-state index in [1.807, 2.05) is 24.3 Å². The summed E-state index contributed by atoms with van der Waals surface area (Å²) in [5.74, 6) is 0.437. The number of rotatable bonds is 4. The van der Waals surface area contributed by atoms with Gasteiger partial charge in [0.15, 0.2) is 12.4 Å². The maximum atomic E-state index is 11.9. The van der Waals surface area contributed by atoms with Crippen molar-refractivity contribution in [2.24, 2.45) is 0 Å². The molecule has 0 aliphatic carbocycles. The lowest BCUT2D eigenvalue weighted by Crippen LogP contribution is -2.11. The topological polar surface area (TPSA) is 26.3 Å². The zero-order valence-corrected chi connectivity index (χ0v) is 11.7. The van der Waals surface area contributed by atoms with E-state index in [1.54, 1.807) is 24.3 Å². The molecule has 4 heteroatoms. The molecule has 0 fully saturated rings. The van der Waals surface area contributed by atoms with Gasteiger partial charge in [0.05, 0.1) is 5.02 Å². The van der Waals surface area contributed by atoms with Crippen LogP contribution in [-0.4, -0.2) is 12.4 Å². The van der Waals surface area contributed by atoms with E-state index in [4.69, 9.17) is 16.3 Å². The molecule has 0 radical (unpaired) electrons. The van der Waals surface area contributed by atoms with Crippen molar-refractivity contribution in [3.8, 4) is 5.75 Å². The van der Waals surface area contributed by atoms with Crippen LogP contribution < -0.4 is 4.74 Å². The van der Waals surface area contributed by atoms with Crippen LogP contribution in [0.25, 0.3) is 0 Å². The molecule has 0 spiro atoms. The lowest BCUT2D eigenvalue weighted by Gasteiger charge is -2.07. The third kappa shape index (κ3) is 3.34. The van der Waals surface area contributed by atoms with Crippen LogP contribution in [0.5, 0.6) is 5.75 Å². The summed E-state index contributed by atoms with van der Waals surface area (Å²) < 4.78 is 6.33. The van der Waals surface area contributed by atoms with Crippen LogP contribution in [0.3, 0.4) is 0 Å². The number of carbonyl (C=O) groups excluding carboxylic acids is 1. The highest BCUT2D eigenvalue weighted by molar-refractivity contribution is 9.10. The van der Waals surface area contributed by atoms with Gasteiger partial charge in [-0.1, -0.05) is 51.8 Å². The van der Waals surface area contributed by atoms with Crippen LogP contribution in [0.1, 0.15) is 10.4 Å². The van der Waals surface area contributed by atoms with Gasteiger partial charge in [0.25, 0.3) is 0 Å². The first-order valence-corrected chi connectivity index (χ1v) is 6.50. The van der Waals surface area contributed by atoms with Crippen LogP contribution in [-0.2, 0) is 0 Å². The highest BCUT2D eigenvalue weighted by Crippen LogP contribution is 2.23. The third-order valence-electron chi connectivity index (χ3n) is 2.36. The Kier molecular flexibility index (Phi) is 4.39. The summed E-state index contributed by atoms with van der Waals surface area (Å²) in [6, 6.07) is 14.2. The van der Waals surface area contributed by atoms with E-state index in [2.05, 4.69) is 15.9 Å². The molecule has 2 aromatic rings. The molecule has 0 saturated heterocycles. The van der Waals surface area contributed by atoms with E-state index in [1.165, 1.54) is 0 Å². The summed E-state index contributed by atoms with van der Waals surface area (Å²) in [5, 5.41) is 0.501. The molecule has 2 rings (SSSR count). The number of ether oxygens (including phenoxy) is 1. The van der Waals surface area contributed by atoms with Gasteiger partial charge in [-0.15, -0.1) is 0 Å². The Morgan fingerprint density at radius 2 is 1.78 bits per heavy atom. The molecule has 0 N–H and O–H groups in total. The molecule has 0 bridgehead atoms. The van der Waals surface area contributed by atoms with Crippen molar-refractivity contribution >= 4 is 33.3 Å². The Hall–Kier alpha value is -1.32. The Morgan fingerprint density at radius 1 is 1.11 bits per heavy atom. The van der Waals surface area contributed by atoms with Crippen LogP contribution in [0.4, 0.5) is 0 Å². The lowest BCUT2D eigenvalue weighted by molar-refractivity contribution is 0.0921. The number of hydrogen-bond acceptors (Lipinski definition) is 2. The number of halogens is 2. The second-order valence-electron chi connectivity index (χ2n) is 3.65. The fourth-order valence-corrected chi connectivity index (χ4v) is 1.88. The number of ketones is 1. The molecule has 2 aromatic carbocycles. The first-order chi connectivity index (χ1) is 8.66. The summed E-state index contributed by atoms with van der Waals surface area (Å²) in [4.78, 5) is 11.9. The molecule has 0 aromatic heterocycles. The van der Waals surface area contributed by atoms with Crippen molar-refractivity contribution in [3.05, 3.63) is 63.6 Å². The summed E-state index contributed by atoms with van der Waals surface area (Å²) in [6.07, 6.45) is 0. The van der Waals surface area contributed by atoms with Gasteiger partial charge in [-0.05, 0) is 24.3 Å². The summed E-state index contributed by atoms with van der Waals surface area (Å²) in [6.45, 7) is -0.0225. The molecule has 0 aliphatic heterocycles. The Bertz CT molecular complexity index is 552. The first-order valence-electron chi connectivity index (χ1n) is 5.33. The molecule has 0 unspecified atom stereocenters. The highest BCUT2D eigenvalue weighted by Gasteiger charge is 2.08. The van der Waals surface area contributed by atoms with Gasteiger partial charge in [0.2, 0.25) is 0 Å². The maximum Gasteiger partial charge on any atom is 0.200 e. The van der Waals surface area contributed by atoms with Crippen LogP contribution in [0, 0.1) is 0 Å². The zero-order chi connectivity index (χ0) is 13.0. The van der Waals surface area contributed by atoms with Crippen molar-refractivity contribution < 1.29 is 9.53 Å². The van der Waals surface area contributed by atoms with Crippen molar-refractivity contribution in [1.29, 1.82) is 0 Å². The Labute approximate surface area is 119 Å². The SMILES string of the molecule is O=C(COc1ccccc1Cl)c1ccc(Br)cc1. The Morgan fingerprint density at radius 3 is 2.44 bits per heavy atom. The molecule has 0 aliphatic rings. The number of para-hydroxylation sites is 1. The summed E-state index contributed by atoms with van der Waals surface area (Å²) in [5.41, 5.74) is 0.616. The van der Waals surface area contributed by atoms with Gasteiger partial charge in [-0.2, -0.15) is 0 Å². The first kappa shape index (κ1) is 13.1. The van der Waals surface area contributed by atoms with Gasteiger partial charge >= 0.3 is 0 Å². The zero-order valence-electron chi connectivity index (χ0n) is 9.40. The van der Waals surface area contributed by atoms with Gasteiger partial charge in [0, 0.05) is 10.0 Å². The van der Waals surface area contributed by atoms with E-state index < -0.39 is 0 Å². The molecule has 0 atom stereocenters.